The highest BCUT2D eigenvalue weighted by Crippen LogP contribution is 2.52. The number of rotatable bonds is 9. The molecule has 2 saturated heterocycles. The fourth-order valence-corrected chi connectivity index (χ4v) is 8.44. The first-order chi connectivity index (χ1) is 27.6. The van der Waals surface area contributed by atoms with Crippen LogP contribution in [0, 0.1) is 0 Å². The average molecular weight is 801 g/mol. The maximum Gasteiger partial charge on any atom is 0.252 e. The van der Waals surface area contributed by atoms with E-state index >= 15 is 0 Å². The quantitative estimate of drug-likeness (QED) is 0.131. The van der Waals surface area contributed by atoms with Gasteiger partial charge in [0, 0.05) is 60.5 Å². The van der Waals surface area contributed by atoms with Gasteiger partial charge in [0.1, 0.15) is 41.0 Å². The zero-order chi connectivity index (χ0) is 41.8. The van der Waals surface area contributed by atoms with Crippen molar-refractivity contribution in [1.82, 2.24) is 20.5 Å². The number of aliphatic hydroxyl groups excluding tert-OH is 1. The molecule has 8 atom stereocenters. The number of benzene rings is 2. The molecule has 2 aliphatic heterocycles. The minimum atomic E-state index is -2.14. The van der Waals surface area contributed by atoms with Crippen LogP contribution < -0.4 is 15.4 Å². The first kappa shape index (κ1) is 40.4. The molecule has 3 amide bonds. The second kappa shape index (κ2) is 15.5. The number of hydrogen-bond acceptors (Lipinski definition) is 14. The molecule has 2 aromatic carbocycles. The number of carbonyl (C=O) groups is 6. The first-order valence-corrected chi connectivity index (χ1v) is 19.0. The van der Waals surface area contributed by atoms with Gasteiger partial charge in [-0.25, -0.2) is 0 Å². The van der Waals surface area contributed by atoms with Gasteiger partial charge in [-0.2, -0.15) is 0 Å². The van der Waals surface area contributed by atoms with Crippen molar-refractivity contribution < 1.29 is 63.4 Å². The van der Waals surface area contributed by atoms with E-state index in [1.807, 2.05) is 0 Å². The monoisotopic (exact) mass is 800 g/mol. The van der Waals surface area contributed by atoms with Crippen molar-refractivity contribution in [3.63, 3.8) is 0 Å². The number of hydrogen-bond donors (Lipinski definition) is 6. The van der Waals surface area contributed by atoms with Gasteiger partial charge in [0.05, 0.1) is 42.0 Å². The number of likely N-dealkylation sites (tertiary alicyclic amines) is 1. The average Bonchev–Trinajstić information content (AvgIpc) is 3.70. The zero-order valence-corrected chi connectivity index (χ0v) is 32.2. The van der Waals surface area contributed by atoms with Gasteiger partial charge >= 0.3 is 0 Å². The first-order valence-electron chi connectivity index (χ1n) is 19.0. The van der Waals surface area contributed by atoms with Gasteiger partial charge in [0.15, 0.2) is 17.9 Å². The summed E-state index contributed by atoms with van der Waals surface area (Å²) in [5, 5.41) is 51.7. The van der Waals surface area contributed by atoms with Crippen LogP contribution in [0.1, 0.15) is 106 Å². The Labute approximate surface area is 332 Å². The molecule has 306 valence electrons. The predicted molar refractivity (Wildman–Crippen MR) is 200 cm³/mol. The highest BCUT2D eigenvalue weighted by molar-refractivity contribution is 6.31. The lowest BCUT2D eigenvalue weighted by molar-refractivity contribution is -0.249. The van der Waals surface area contributed by atoms with E-state index in [9.17, 15) is 49.2 Å². The standard InChI is InChI=1S/C41H44N4O13/c1-18(43-38(52)21-10-12-42-13-11-21)40(54)45-14-6-8-25(45)39(53)44-24-15-28(57-19(2)33(24)47)58-27-17-41(55,20(3)46)16-23-30(27)37(51)32-31(35(23)49)34(48)22-7-5-9-26(56-4)29(22)36(32)50/h5,7,9-13,18-19,24-25,27-28,33,47,49,51,55H,6,8,14-17H2,1-4H3,(H,43,52)(H,44,53)/t18?,19-,24-,25?,27-,28-,33+,41-/m0/s1. The lowest BCUT2D eigenvalue weighted by atomic mass is 9.72. The van der Waals surface area contributed by atoms with Gasteiger partial charge in [-0.3, -0.25) is 33.8 Å². The van der Waals surface area contributed by atoms with Crippen molar-refractivity contribution in [2.45, 2.75) is 101 Å². The molecule has 58 heavy (non-hydrogen) atoms. The Morgan fingerprint density at radius 2 is 1.74 bits per heavy atom. The lowest BCUT2D eigenvalue weighted by Crippen LogP contribution is -2.59. The summed E-state index contributed by atoms with van der Waals surface area (Å²) in [6.07, 6.45) is -2.26. The van der Waals surface area contributed by atoms with Gasteiger partial charge in [-0.15, -0.1) is 0 Å². The van der Waals surface area contributed by atoms with Crippen molar-refractivity contribution in [2.24, 2.45) is 0 Å². The van der Waals surface area contributed by atoms with Crippen LogP contribution in [0.25, 0.3) is 0 Å². The Bertz CT molecular complexity index is 2210. The fourth-order valence-electron chi connectivity index (χ4n) is 8.44. The van der Waals surface area contributed by atoms with Crippen LogP contribution in [0.15, 0.2) is 42.7 Å². The third-order valence-electron chi connectivity index (χ3n) is 11.6. The van der Waals surface area contributed by atoms with E-state index in [0.717, 1.165) is 6.92 Å². The Kier molecular flexibility index (Phi) is 10.8. The summed E-state index contributed by atoms with van der Waals surface area (Å²) in [5.41, 5.74) is -3.32. The van der Waals surface area contributed by atoms with Crippen LogP contribution in [-0.4, -0.2) is 121 Å². The molecular weight excluding hydrogens is 756 g/mol. The minimum absolute atomic E-state index is 0.0689. The van der Waals surface area contributed by atoms with Gasteiger partial charge in [0.2, 0.25) is 17.6 Å². The predicted octanol–water partition coefficient (Wildman–Crippen LogP) is 1.39. The molecule has 0 radical (unpaired) electrons. The van der Waals surface area contributed by atoms with E-state index in [0.29, 0.717) is 18.4 Å². The van der Waals surface area contributed by atoms with Crippen LogP contribution in [0.3, 0.4) is 0 Å². The molecular formula is C41H44N4O13. The van der Waals surface area contributed by atoms with E-state index in [4.69, 9.17) is 14.2 Å². The molecule has 2 aliphatic carbocycles. The molecule has 0 saturated carbocycles. The van der Waals surface area contributed by atoms with E-state index < -0.39 is 119 Å². The Morgan fingerprint density at radius 1 is 1.03 bits per heavy atom. The molecule has 17 nitrogen and oxygen atoms in total. The molecule has 1 aromatic heterocycles. The van der Waals surface area contributed by atoms with Gasteiger partial charge in [-0.1, -0.05) is 12.1 Å². The van der Waals surface area contributed by atoms with E-state index in [-0.39, 0.29) is 41.0 Å². The smallest absolute Gasteiger partial charge is 0.252 e. The third kappa shape index (κ3) is 6.97. The summed E-state index contributed by atoms with van der Waals surface area (Å²) in [6.45, 7) is 4.46. The molecule has 17 heteroatoms. The topological polar surface area (TPSA) is 251 Å². The number of methoxy groups -OCH3 is 1. The number of phenolic OH excluding ortho intramolecular Hbond substituents is 2. The number of aliphatic hydroxyl groups is 2. The van der Waals surface area contributed by atoms with Crippen molar-refractivity contribution >= 4 is 35.1 Å². The maximum absolute atomic E-state index is 14.0. The number of phenols is 2. The number of amides is 3. The summed E-state index contributed by atoms with van der Waals surface area (Å²) >= 11 is 0. The number of ether oxygens (including phenoxy) is 3. The summed E-state index contributed by atoms with van der Waals surface area (Å²) in [6, 6.07) is 4.50. The Balaban J connectivity index is 1.13. The van der Waals surface area contributed by atoms with E-state index in [2.05, 4.69) is 15.6 Å². The summed E-state index contributed by atoms with van der Waals surface area (Å²) in [5.74, 6) is -5.12. The summed E-state index contributed by atoms with van der Waals surface area (Å²) in [7, 11) is 1.31. The number of fused-ring (bicyclic) bond motifs is 3. The SMILES string of the molecule is COc1cccc2c1C(=O)c1c(O)c3c(c(O)c1C2=O)C[C@@](O)(C(C)=O)C[C@@H]3O[C@H]1C[C@H](NC(=O)C2CCCN2C(=O)C(C)NC(=O)c2ccncc2)[C@H](O)[C@H](C)O1. The van der Waals surface area contributed by atoms with Crippen LogP contribution in [0.2, 0.25) is 0 Å². The Hall–Kier alpha value is -5.75. The minimum Gasteiger partial charge on any atom is -0.507 e. The van der Waals surface area contributed by atoms with Gasteiger partial charge < -0.3 is 50.2 Å². The number of nitrogens with zero attached hydrogens (tertiary/aromatic N) is 2. The van der Waals surface area contributed by atoms with Crippen LogP contribution >= 0.6 is 0 Å². The molecule has 3 aromatic rings. The summed E-state index contributed by atoms with van der Waals surface area (Å²) in [4.78, 5) is 85.9. The number of ketones is 3. The number of aromatic nitrogens is 1. The second-order valence-corrected chi connectivity index (χ2v) is 15.2. The Morgan fingerprint density at radius 3 is 2.43 bits per heavy atom. The molecule has 0 spiro atoms. The number of nitrogens with one attached hydrogen (secondary N) is 2. The van der Waals surface area contributed by atoms with Gasteiger partial charge in [0.25, 0.3) is 5.91 Å². The normalized spacial score (nSPS) is 26.8. The third-order valence-corrected chi connectivity index (χ3v) is 11.6. The summed E-state index contributed by atoms with van der Waals surface area (Å²) < 4.78 is 17.6. The molecule has 4 aliphatic rings. The van der Waals surface area contributed by atoms with Crippen molar-refractivity contribution in [1.29, 1.82) is 0 Å². The molecule has 2 unspecified atom stereocenters. The maximum atomic E-state index is 14.0. The number of pyridine rings is 1. The highest BCUT2D eigenvalue weighted by Gasteiger charge is 2.50. The molecule has 6 N–H and O–H groups in total. The number of Topliss-reactive ketones (excluding diaryl/α,β-unsaturated/α-hetero) is 1. The van der Waals surface area contributed by atoms with Gasteiger partial charge in [-0.05, 0) is 51.8 Å². The fraction of sp³-hybridized carbons (Fsp3) is 0.439. The number of carbonyl (C=O) groups excluding carboxylic acids is 6. The lowest BCUT2D eigenvalue weighted by Gasteiger charge is -2.43. The van der Waals surface area contributed by atoms with E-state index in [1.54, 1.807) is 0 Å². The van der Waals surface area contributed by atoms with Crippen molar-refractivity contribution in [2.75, 3.05) is 13.7 Å². The highest BCUT2D eigenvalue weighted by atomic mass is 16.7. The zero-order valence-electron chi connectivity index (χ0n) is 32.2. The number of aromatic hydroxyl groups is 2. The van der Waals surface area contributed by atoms with E-state index in [1.165, 1.54) is 68.6 Å². The van der Waals surface area contributed by atoms with Crippen LogP contribution in [-0.2, 0) is 30.3 Å². The second-order valence-electron chi connectivity index (χ2n) is 15.2. The molecule has 0 bridgehead atoms. The molecule has 7 rings (SSSR count). The molecule has 2 fully saturated rings. The van der Waals surface area contributed by atoms with Crippen LogP contribution in [0.4, 0.5) is 0 Å². The van der Waals surface area contributed by atoms with Crippen molar-refractivity contribution in [3.05, 3.63) is 81.7 Å². The van der Waals surface area contributed by atoms with Crippen molar-refractivity contribution in [3.8, 4) is 17.2 Å². The molecule has 3 heterocycles. The largest absolute Gasteiger partial charge is 0.507 e. The van der Waals surface area contributed by atoms with Crippen LogP contribution in [0.5, 0.6) is 17.2 Å².